The zero-order valence-corrected chi connectivity index (χ0v) is 25.9. The minimum absolute atomic E-state index is 0.0891. The number of methoxy groups -OCH3 is 1. The number of aryl methyl sites for hydroxylation is 3. The molecule has 224 valence electrons. The molecule has 8 nitrogen and oxygen atoms in total. The number of hydrogen-bond acceptors (Lipinski definition) is 5. The quantitative estimate of drug-likeness (QED) is 0.327. The van der Waals surface area contributed by atoms with Crippen molar-refractivity contribution in [1.82, 2.24) is 10.2 Å². The van der Waals surface area contributed by atoms with Gasteiger partial charge >= 0.3 is 0 Å². The molecule has 1 atom stereocenters. The molecule has 9 heteroatoms. The number of carbonyl (C=O) groups excluding carboxylic acids is 2. The number of anilines is 1. The maximum absolute atomic E-state index is 14.2. The van der Waals surface area contributed by atoms with Gasteiger partial charge in [0.15, 0.2) is 0 Å². The smallest absolute Gasteiger partial charge is 0.264 e. The Morgan fingerprint density at radius 3 is 2.17 bits per heavy atom. The highest BCUT2D eigenvalue weighted by molar-refractivity contribution is 7.92. The Hall–Kier alpha value is -3.85. The van der Waals surface area contributed by atoms with Gasteiger partial charge < -0.3 is 15.0 Å². The van der Waals surface area contributed by atoms with Crippen LogP contribution < -0.4 is 14.4 Å². The third-order valence-corrected chi connectivity index (χ3v) is 9.68. The van der Waals surface area contributed by atoms with Crippen LogP contribution in [0.2, 0.25) is 0 Å². The van der Waals surface area contributed by atoms with Crippen LogP contribution in [-0.4, -0.2) is 50.9 Å². The van der Waals surface area contributed by atoms with E-state index in [0.29, 0.717) is 11.4 Å². The zero-order valence-electron chi connectivity index (χ0n) is 25.1. The lowest BCUT2D eigenvalue weighted by Gasteiger charge is -2.33. The second-order valence-electron chi connectivity index (χ2n) is 11.2. The molecule has 3 aromatic rings. The predicted octanol–water partition coefficient (Wildman–Crippen LogP) is 5.29. The van der Waals surface area contributed by atoms with Crippen LogP contribution in [0, 0.1) is 20.8 Å². The number of nitrogens with zero attached hydrogens (tertiary/aromatic N) is 2. The van der Waals surface area contributed by atoms with E-state index >= 15 is 0 Å². The van der Waals surface area contributed by atoms with E-state index in [1.165, 1.54) is 9.21 Å². The Balaban J connectivity index is 1.71. The van der Waals surface area contributed by atoms with Crippen molar-refractivity contribution in [3.63, 3.8) is 0 Å². The van der Waals surface area contributed by atoms with Crippen molar-refractivity contribution < 1.29 is 22.7 Å². The molecule has 1 aliphatic rings. The predicted molar refractivity (Wildman–Crippen MR) is 165 cm³/mol. The summed E-state index contributed by atoms with van der Waals surface area (Å²) in [5.74, 6) is -0.0473. The first-order chi connectivity index (χ1) is 20.0. The molecule has 0 aliphatic heterocycles. The van der Waals surface area contributed by atoms with E-state index in [1.807, 2.05) is 45.0 Å². The van der Waals surface area contributed by atoms with Crippen molar-refractivity contribution in [2.45, 2.75) is 76.9 Å². The summed E-state index contributed by atoms with van der Waals surface area (Å²) in [6, 6.07) is 18.7. The largest absolute Gasteiger partial charge is 0.497 e. The van der Waals surface area contributed by atoms with Crippen LogP contribution in [-0.2, 0) is 26.2 Å². The fourth-order valence-electron chi connectivity index (χ4n) is 5.24. The molecule has 1 aliphatic carbocycles. The Morgan fingerprint density at radius 1 is 0.929 bits per heavy atom. The van der Waals surface area contributed by atoms with Gasteiger partial charge in [0.1, 0.15) is 18.3 Å². The number of amides is 2. The van der Waals surface area contributed by atoms with Crippen LogP contribution in [0.1, 0.15) is 54.9 Å². The van der Waals surface area contributed by atoms with Crippen LogP contribution in [0.15, 0.2) is 71.6 Å². The molecule has 2 amide bonds. The zero-order chi connectivity index (χ0) is 30.4. The van der Waals surface area contributed by atoms with Crippen molar-refractivity contribution in [3.05, 3.63) is 89.0 Å². The summed E-state index contributed by atoms with van der Waals surface area (Å²) in [6.07, 6.45) is 3.96. The lowest BCUT2D eigenvalue weighted by Crippen LogP contribution is -2.52. The van der Waals surface area contributed by atoms with Crippen molar-refractivity contribution in [3.8, 4) is 5.75 Å². The molecule has 0 radical (unpaired) electrons. The fourth-order valence-corrected chi connectivity index (χ4v) is 6.71. The average Bonchev–Trinajstić information content (AvgIpc) is 3.49. The number of hydrogen-bond donors (Lipinski definition) is 1. The number of ether oxygens (including phenoxy) is 1. The molecule has 1 N–H and O–H groups in total. The van der Waals surface area contributed by atoms with Crippen LogP contribution in [0.25, 0.3) is 0 Å². The van der Waals surface area contributed by atoms with Gasteiger partial charge in [0.05, 0.1) is 17.7 Å². The highest BCUT2D eigenvalue weighted by Crippen LogP contribution is 2.29. The first-order valence-electron chi connectivity index (χ1n) is 14.4. The molecule has 42 heavy (non-hydrogen) atoms. The van der Waals surface area contributed by atoms with Crippen molar-refractivity contribution in [1.29, 1.82) is 0 Å². The van der Waals surface area contributed by atoms with Gasteiger partial charge in [-0.05, 0) is 87.6 Å². The van der Waals surface area contributed by atoms with Gasteiger partial charge in [-0.25, -0.2) is 8.42 Å². The maximum atomic E-state index is 14.2. The van der Waals surface area contributed by atoms with Gasteiger partial charge in [-0.3, -0.25) is 13.9 Å². The third-order valence-electron chi connectivity index (χ3n) is 7.90. The minimum atomic E-state index is -4.12. The van der Waals surface area contributed by atoms with E-state index in [9.17, 15) is 18.0 Å². The van der Waals surface area contributed by atoms with E-state index in [4.69, 9.17) is 4.74 Å². The number of carbonyl (C=O) groups is 2. The number of rotatable bonds is 11. The van der Waals surface area contributed by atoms with Crippen molar-refractivity contribution in [2.24, 2.45) is 0 Å². The summed E-state index contributed by atoms with van der Waals surface area (Å²) in [6.45, 7) is 6.96. The molecule has 0 spiro atoms. The van der Waals surface area contributed by atoms with Gasteiger partial charge in [-0.2, -0.15) is 0 Å². The number of benzene rings is 3. The van der Waals surface area contributed by atoms with Crippen molar-refractivity contribution in [2.75, 3.05) is 18.0 Å². The Morgan fingerprint density at radius 2 is 1.55 bits per heavy atom. The summed E-state index contributed by atoms with van der Waals surface area (Å²) < 4.78 is 34.6. The van der Waals surface area contributed by atoms with Crippen LogP contribution in [0.4, 0.5) is 5.69 Å². The Kier molecular flexibility index (Phi) is 9.93. The SMILES string of the molecule is COc1ccc(CN(C(=O)CN(c2cc(C)ccc2C)S(=O)(=O)c2ccc(C)cc2)C(C)C(=O)NC2CCCC2)cc1. The van der Waals surface area contributed by atoms with Crippen LogP contribution >= 0.6 is 0 Å². The third kappa shape index (κ3) is 7.31. The second-order valence-corrected chi connectivity index (χ2v) is 13.0. The van der Waals surface area contributed by atoms with Gasteiger partial charge in [-0.1, -0.05) is 54.8 Å². The summed E-state index contributed by atoms with van der Waals surface area (Å²) in [4.78, 5) is 29.1. The summed E-state index contributed by atoms with van der Waals surface area (Å²) in [7, 11) is -2.54. The van der Waals surface area contributed by atoms with Gasteiger partial charge in [0, 0.05) is 12.6 Å². The lowest BCUT2D eigenvalue weighted by atomic mass is 10.1. The second kappa shape index (κ2) is 13.4. The summed E-state index contributed by atoms with van der Waals surface area (Å²) in [5, 5.41) is 3.10. The summed E-state index contributed by atoms with van der Waals surface area (Å²) >= 11 is 0. The Labute approximate surface area is 249 Å². The molecule has 4 rings (SSSR count). The molecule has 1 saturated carbocycles. The molecule has 0 bridgehead atoms. The Bertz CT molecular complexity index is 1500. The maximum Gasteiger partial charge on any atom is 0.264 e. The molecule has 1 unspecified atom stereocenters. The molecular formula is C33H41N3O5S. The highest BCUT2D eigenvalue weighted by Gasteiger charge is 2.34. The average molecular weight is 592 g/mol. The fraction of sp³-hybridized carbons (Fsp3) is 0.394. The van der Waals surface area contributed by atoms with E-state index in [-0.39, 0.29) is 23.4 Å². The van der Waals surface area contributed by atoms with Crippen molar-refractivity contribution >= 4 is 27.5 Å². The first kappa shape index (κ1) is 31.1. The molecule has 0 heterocycles. The topological polar surface area (TPSA) is 96.0 Å². The lowest BCUT2D eigenvalue weighted by molar-refractivity contribution is -0.139. The number of sulfonamides is 1. The van der Waals surface area contributed by atoms with Crippen LogP contribution in [0.3, 0.4) is 0 Å². The molecule has 0 saturated heterocycles. The molecular weight excluding hydrogens is 550 g/mol. The molecule has 1 fully saturated rings. The van der Waals surface area contributed by atoms with E-state index in [0.717, 1.165) is 47.9 Å². The monoisotopic (exact) mass is 591 g/mol. The minimum Gasteiger partial charge on any atom is -0.497 e. The van der Waals surface area contributed by atoms with E-state index in [1.54, 1.807) is 56.5 Å². The van der Waals surface area contributed by atoms with Crippen LogP contribution in [0.5, 0.6) is 5.75 Å². The summed E-state index contributed by atoms with van der Waals surface area (Å²) in [5.41, 5.74) is 3.74. The van der Waals surface area contributed by atoms with E-state index < -0.39 is 28.5 Å². The standard InChI is InChI=1S/C33H41N3O5S/c1-23-11-18-30(19-12-23)42(39,40)36(31-20-24(2)10-13-25(31)3)22-32(37)35(21-27-14-16-29(41-5)17-15-27)26(4)33(38)34-28-8-6-7-9-28/h10-20,26,28H,6-9,21-22H2,1-5H3,(H,34,38). The normalized spacial score (nSPS) is 14.3. The van der Waals surface area contributed by atoms with Gasteiger partial charge in [0.2, 0.25) is 11.8 Å². The highest BCUT2D eigenvalue weighted by atomic mass is 32.2. The molecule has 3 aromatic carbocycles. The van der Waals surface area contributed by atoms with Gasteiger partial charge in [0.25, 0.3) is 10.0 Å². The van der Waals surface area contributed by atoms with Gasteiger partial charge in [-0.15, -0.1) is 0 Å². The number of nitrogens with one attached hydrogen (secondary N) is 1. The molecule has 0 aromatic heterocycles. The van der Waals surface area contributed by atoms with E-state index in [2.05, 4.69) is 5.32 Å². The first-order valence-corrected chi connectivity index (χ1v) is 15.8.